The molecule has 2 amide bonds. The highest BCUT2D eigenvalue weighted by Gasteiger charge is 2.20. The van der Waals surface area contributed by atoms with Crippen LogP contribution in [-0.4, -0.2) is 41.9 Å². The molecule has 0 saturated heterocycles. The zero-order valence-corrected chi connectivity index (χ0v) is 29.9. The summed E-state index contributed by atoms with van der Waals surface area (Å²) in [5.74, 6) is -0.687. The molecule has 0 radical (unpaired) electrons. The second-order valence-corrected chi connectivity index (χ2v) is 13.1. The van der Waals surface area contributed by atoms with Gasteiger partial charge in [-0.2, -0.15) is 0 Å². The van der Waals surface area contributed by atoms with Crippen molar-refractivity contribution in [2.75, 3.05) is 13.1 Å². The Morgan fingerprint density at radius 1 is 0.587 bits per heavy atom. The van der Waals surface area contributed by atoms with Gasteiger partial charge in [0.05, 0.1) is 0 Å². The van der Waals surface area contributed by atoms with E-state index in [-0.39, 0.29) is 18.4 Å². The van der Waals surface area contributed by atoms with Gasteiger partial charge < -0.3 is 16.0 Å². The largest absolute Gasteiger partial charge is 0.354 e. The lowest BCUT2D eigenvalue weighted by molar-refractivity contribution is -0.525. The lowest BCUT2D eigenvalue weighted by atomic mass is 10.0. The van der Waals surface area contributed by atoms with E-state index in [0.29, 0.717) is 25.8 Å². The molecule has 0 spiro atoms. The summed E-state index contributed by atoms with van der Waals surface area (Å²) in [5, 5.41) is 25.7. The maximum Gasteiger partial charge on any atom is 0.251 e. The van der Waals surface area contributed by atoms with Crippen LogP contribution >= 0.6 is 0 Å². The Morgan fingerprint density at radius 3 is 1.41 bits per heavy atom. The molecule has 0 heterocycles. The van der Waals surface area contributed by atoms with Gasteiger partial charge in [-0.25, -0.2) is 10.1 Å². The molecule has 10 nitrogen and oxygen atoms in total. The molecule has 5 N–H and O–H groups in total. The number of nitrogens with one attached hydrogen (secondary N) is 5. The first kappa shape index (κ1) is 43.6. The summed E-state index contributed by atoms with van der Waals surface area (Å²) < 4.78 is 0. The van der Waals surface area contributed by atoms with E-state index in [0.717, 1.165) is 32.1 Å². The molecule has 270 valence electrons. The quantitative estimate of drug-likeness (QED) is 0.0154. The fourth-order valence-corrected chi connectivity index (χ4v) is 5.79. The number of carbonyl (C=O) groups excluding carboxylic acids is 2. The van der Waals surface area contributed by atoms with Crippen molar-refractivity contribution in [2.24, 2.45) is 0 Å². The average molecular weight is 653 g/mol. The number of amides is 2. The summed E-state index contributed by atoms with van der Waals surface area (Å²) in [6.07, 6.45) is 32.7. The third-order valence-corrected chi connectivity index (χ3v) is 8.66. The fourth-order valence-electron chi connectivity index (χ4n) is 5.79. The van der Waals surface area contributed by atoms with Gasteiger partial charge >= 0.3 is 0 Å². The van der Waals surface area contributed by atoms with Crippen LogP contribution in [0.25, 0.3) is 0 Å². The predicted molar refractivity (Wildman–Crippen MR) is 191 cm³/mol. The van der Waals surface area contributed by atoms with Crippen molar-refractivity contribution in [3.63, 3.8) is 0 Å². The molecule has 0 unspecified atom stereocenters. The van der Waals surface area contributed by atoms with Crippen molar-refractivity contribution < 1.29 is 14.6 Å². The number of carbonyl (C=O) groups is 2. The number of unbranched alkanes of at least 4 members (excludes halogenated alkanes) is 23. The minimum Gasteiger partial charge on any atom is -0.354 e. The van der Waals surface area contributed by atoms with Crippen molar-refractivity contribution in [3.05, 3.63) is 10.1 Å². The smallest absolute Gasteiger partial charge is 0.251 e. The molecule has 0 aromatic heterocycles. The van der Waals surface area contributed by atoms with Crippen LogP contribution in [0.3, 0.4) is 0 Å². The van der Waals surface area contributed by atoms with E-state index in [2.05, 4.69) is 29.8 Å². The molecule has 0 fully saturated rings. The van der Waals surface area contributed by atoms with E-state index < -0.39 is 17.0 Å². The Morgan fingerprint density at radius 2 is 0.978 bits per heavy atom. The topological polar surface area (TPSA) is 149 Å². The van der Waals surface area contributed by atoms with E-state index in [4.69, 9.17) is 5.41 Å². The van der Waals surface area contributed by atoms with Crippen molar-refractivity contribution in [1.29, 1.82) is 5.41 Å². The summed E-state index contributed by atoms with van der Waals surface area (Å²) in [7, 11) is 0. The minimum atomic E-state index is -0.794. The Balaban J connectivity index is 4.18. The van der Waals surface area contributed by atoms with Gasteiger partial charge in [-0.3, -0.25) is 15.0 Å². The number of nitrogens with zero attached hydrogens (tertiary/aromatic N) is 1. The standard InChI is InChI=1S/C36H72N6O4/c1-3-5-7-9-11-13-15-16-17-18-19-20-22-24-26-30-34(43)40-33(29-28-32-39-36(37)41-42(45)46)35(44)38-31-27-25-23-21-14-12-10-8-6-4-2/h33H,3-32H2,1-2H3,(H,38,44)(H,40,43)(H3,37,39,41)/t33-/m1/s1. The molecule has 10 heteroatoms. The van der Waals surface area contributed by atoms with Crippen LogP contribution in [0, 0.1) is 15.5 Å². The molecule has 1 atom stereocenters. The van der Waals surface area contributed by atoms with Crippen molar-refractivity contribution in [3.8, 4) is 0 Å². The van der Waals surface area contributed by atoms with Gasteiger partial charge in [0.15, 0.2) is 5.03 Å². The number of hydrazine groups is 1. The zero-order chi connectivity index (χ0) is 33.9. The van der Waals surface area contributed by atoms with Crippen LogP contribution < -0.4 is 21.4 Å². The Labute approximate surface area is 281 Å². The highest BCUT2D eigenvalue weighted by atomic mass is 16.7. The van der Waals surface area contributed by atoms with E-state index in [9.17, 15) is 19.7 Å². The molecular weight excluding hydrogens is 580 g/mol. The van der Waals surface area contributed by atoms with Crippen LogP contribution in [-0.2, 0) is 9.59 Å². The van der Waals surface area contributed by atoms with Crippen LogP contribution in [0.15, 0.2) is 0 Å². The first-order valence-corrected chi connectivity index (χ1v) is 19.2. The first-order valence-electron chi connectivity index (χ1n) is 19.2. The average Bonchev–Trinajstić information content (AvgIpc) is 3.02. The van der Waals surface area contributed by atoms with E-state index in [1.165, 1.54) is 128 Å². The third kappa shape index (κ3) is 31.6. The Hall–Kier alpha value is -2.39. The number of hydrogen-bond donors (Lipinski definition) is 5. The summed E-state index contributed by atoms with van der Waals surface area (Å²) >= 11 is 0. The van der Waals surface area contributed by atoms with Crippen molar-refractivity contribution in [2.45, 2.75) is 200 Å². The molecule has 0 saturated carbocycles. The van der Waals surface area contributed by atoms with Gasteiger partial charge in [-0.1, -0.05) is 167 Å². The van der Waals surface area contributed by atoms with Gasteiger partial charge in [-0.05, 0) is 25.7 Å². The number of guanidine groups is 1. The molecule has 46 heavy (non-hydrogen) atoms. The summed E-state index contributed by atoms with van der Waals surface area (Å²) in [6.45, 7) is 5.38. The first-order chi connectivity index (χ1) is 22.4. The molecule has 0 aliphatic carbocycles. The lowest BCUT2D eigenvalue weighted by Gasteiger charge is -2.19. The number of hydrogen-bond acceptors (Lipinski definition) is 5. The molecule has 0 rings (SSSR count). The number of rotatable bonds is 34. The Bertz CT molecular complexity index is 752. The van der Waals surface area contributed by atoms with Crippen LogP contribution in [0.4, 0.5) is 0 Å². The highest BCUT2D eigenvalue weighted by molar-refractivity contribution is 5.87. The highest BCUT2D eigenvalue weighted by Crippen LogP contribution is 2.14. The fraction of sp³-hybridized carbons (Fsp3) is 0.917. The van der Waals surface area contributed by atoms with Gasteiger partial charge in [0.25, 0.3) is 5.96 Å². The minimum absolute atomic E-state index is 0.107. The zero-order valence-electron chi connectivity index (χ0n) is 29.9. The normalized spacial score (nSPS) is 11.6. The summed E-state index contributed by atoms with van der Waals surface area (Å²) in [5.41, 5.74) is 1.76. The van der Waals surface area contributed by atoms with E-state index >= 15 is 0 Å². The van der Waals surface area contributed by atoms with E-state index in [1.54, 1.807) is 5.43 Å². The number of nitro groups is 1. The Kier molecular flexibility index (Phi) is 32.2. The molecule has 0 aliphatic heterocycles. The SMILES string of the molecule is CCCCCCCCCCCCCCCCCC(=O)N[C@H](CCCNC(=N)N[N+](=O)[O-])C(=O)NCCCCCCCCCCCC. The lowest BCUT2D eigenvalue weighted by Crippen LogP contribution is -2.47. The monoisotopic (exact) mass is 653 g/mol. The molecular formula is C36H72N6O4. The molecule has 0 aromatic carbocycles. The van der Waals surface area contributed by atoms with Crippen LogP contribution in [0.2, 0.25) is 0 Å². The molecule has 0 aromatic rings. The molecule has 0 aliphatic rings. The van der Waals surface area contributed by atoms with Crippen molar-refractivity contribution >= 4 is 17.8 Å². The van der Waals surface area contributed by atoms with Crippen LogP contribution in [0.5, 0.6) is 0 Å². The summed E-state index contributed by atoms with van der Waals surface area (Å²) in [4.78, 5) is 36.1. The third-order valence-electron chi connectivity index (χ3n) is 8.66. The van der Waals surface area contributed by atoms with E-state index in [1.807, 2.05) is 0 Å². The van der Waals surface area contributed by atoms with Gasteiger partial charge in [-0.15, -0.1) is 0 Å². The van der Waals surface area contributed by atoms with Gasteiger partial charge in [0, 0.05) is 19.5 Å². The second kappa shape index (κ2) is 34.0. The maximum atomic E-state index is 12.9. The van der Waals surface area contributed by atoms with Gasteiger partial charge in [0.1, 0.15) is 6.04 Å². The van der Waals surface area contributed by atoms with Gasteiger partial charge in [0.2, 0.25) is 11.8 Å². The predicted octanol–water partition coefficient (Wildman–Crippen LogP) is 8.86. The van der Waals surface area contributed by atoms with Crippen LogP contribution in [0.1, 0.15) is 194 Å². The maximum absolute atomic E-state index is 12.9. The van der Waals surface area contributed by atoms with Crippen molar-refractivity contribution in [1.82, 2.24) is 21.4 Å². The summed E-state index contributed by atoms with van der Waals surface area (Å²) in [6, 6.07) is -0.647. The molecule has 0 bridgehead atoms. The second-order valence-electron chi connectivity index (χ2n) is 13.1.